The third kappa shape index (κ3) is 2.90. The molecule has 2 aliphatic rings. The van der Waals surface area contributed by atoms with Crippen LogP contribution < -0.4 is 5.56 Å². The number of nitrogens with one attached hydrogen (secondary N) is 1. The molecule has 1 N–H and O–H groups in total. The van der Waals surface area contributed by atoms with Gasteiger partial charge in [0.2, 0.25) is 0 Å². The molecule has 12 heteroatoms. The topological polar surface area (TPSA) is 104 Å². The number of fused-ring (bicyclic) bond motifs is 1. The van der Waals surface area contributed by atoms with Crippen LogP contribution in [0.4, 0.5) is 8.78 Å². The molecule has 0 bridgehead atoms. The number of likely N-dealkylation sites (tertiary alicyclic amines) is 2. The minimum Gasteiger partial charge on any atom is -0.334 e. The Bertz CT molecular complexity index is 1160. The lowest BCUT2D eigenvalue weighted by atomic mass is 10.1. The molecule has 0 spiro atoms. The molecule has 0 aliphatic carbocycles. The van der Waals surface area contributed by atoms with Gasteiger partial charge in [0.15, 0.2) is 5.69 Å². The van der Waals surface area contributed by atoms with Crippen molar-refractivity contribution < 1.29 is 13.6 Å². The van der Waals surface area contributed by atoms with E-state index in [1.165, 1.54) is 9.20 Å². The molecule has 0 radical (unpaired) electrons. The lowest BCUT2D eigenvalue weighted by Crippen LogP contribution is -2.60. The Hall–Kier alpha value is -3.15. The molecule has 29 heavy (non-hydrogen) atoms. The predicted molar refractivity (Wildman–Crippen MR) is 96.3 cm³/mol. The van der Waals surface area contributed by atoms with Crippen LogP contribution in [0.15, 0.2) is 23.1 Å². The second kappa shape index (κ2) is 6.17. The fourth-order valence-electron chi connectivity index (χ4n) is 3.83. The highest BCUT2D eigenvalue weighted by molar-refractivity contribution is 5.94. The van der Waals surface area contributed by atoms with Crippen molar-refractivity contribution in [2.24, 2.45) is 0 Å². The molecule has 5 rings (SSSR count). The van der Waals surface area contributed by atoms with Gasteiger partial charge in [-0.05, 0) is 19.1 Å². The van der Waals surface area contributed by atoms with E-state index >= 15 is 0 Å². The summed E-state index contributed by atoms with van der Waals surface area (Å²) in [5, 5.41) is 12.2. The van der Waals surface area contributed by atoms with E-state index in [9.17, 15) is 18.4 Å². The number of hydrogen-bond acceptors (Lipinski definition) is 6. The summed E-state index contributed by atoms with van der Waals surface area (Å²) in [5.41, 5.74) is 0.629. The normalized spacial score (nSPS) is 19.8. The van der Waals surface area contributed by atoms with E-state index in [-0.39, 0.29) is 42.1 Å². The highest BCUT2D eigenvalue weighted by atomic mass is 19.3. The smallest absolute Gasteiger partial charge is 0.276 e. The molecule has 2 saturated heterocycles. The standard InChI is InChI=1S/C17H18F2N8O2/c1-10-13(15(29)25-7-11(8-25)24-6-4-17(18,19)9-24)21-23-27(10)16-20-14(28)12-3-2-5-26(12)22-16/h2-3,5,11H,4,6-9H2,1H3,(H,20,22,28). The number of rotatable bonds is 3. The Morgan fingerprint density at radius 2 is 2.14 bits per heavy atom. The molecule has 5 heterocycles. The molecule has 2 fully saturated rings. The number of H-pyrrole nitrogens is 1. The van der Waals surface area contributed by atoms with Gasteiger partial charge in [-0.3, -0.25) is 19.5 Å². The summed E-state index contributed by atoms with van der Waals surface area (Å²) < 4.78 is 29.5. The number of halogens is 2. The molecule has 0 aromatic carbocycles. The number of aromatic amines is 1. The summed E-state index contributed by atoms with van der Waals surface area (Å²) in [4.78, 5) is 30.8. The van der Waals surface area contributed by atoms with E-state index in [4.69, 9.17) is 0 Å². The summed E-state index contributed by atoms with van der Waals surface area (Å²) in [6.45, 7) is 2.51. The van der Waals surface area contributed by atoms with Crippen LogP contribution in [-0.2, 0) is 0 Å². The molecular weight excluding hydrogens is 386 g/mol. The zero-order valence-corrected chi connectivity index (χ0v) is 15.5. The fraction of sp³-hybridized carbons (Fsp3) is 0.471. The van der Waals surface area contributed by atoms with Gasteiger partial charge in [0, 0.05) is 38.3 Å². The molecule has 152 valence electrons. The van der Waals surface area contributed by atoms with Gasteiger partial charge in [-0.2, -0.15) is 4.68 Å². The van der Waals surface area contributed by atoms with E-state index in [1.54, 1.807) is 35.1 Å². The maximum atomic E-state index is 13.4. The first kappa shape index (κ1) is 17.9. The largest absolute Gasteiger partial charge is 0.334 e. The van der Waals surface area contributed by atoms with Crippen LogP contribution in [0.1, 0.15) is 22.6 Å². The van der Waals surface area contributed by atoms with Crippen molar-refractivity contribution in [3.8, 4) is 5.95 Å². The van der Waals surface area contributed by atoms with Crippen LogP contribution in [-0.4, -0.2) is 83.4 Å². The first-order valence-electron chi connectivity index (χ1n) is 9.24. The Morgan fingerprint density at radius 1 is 1.34 bits per heavy atom. The zero-order valence-electron chi connectivity index (χ0n) is 15.5. The number of aromatic nitrogens is 6. The minimum absolute atomic E-state index is 0.0585. The summed E-state index contributed by atoms with van der Waals surface area (Å²) >= 11 is 0. The monoisotopic (exact) mass is 404 g/mol. The summed E-state index contributed by atoms with van der Waals surface area (Å²) in [5.74, 6) is -2.82. The molecule has 3 aromatic heterocycles. The minimum atomic E-state index is -2.64. The number of carbonyl (C=O) groups is 1. The van der Waals surface area contributed by atoms with Crippen molar-refractivity contribution in [2.45, 2.75) is 25.3 Å². The van der Waals surface area contributed by atoms with Crippen molar-refractivity contribution in [1.29, 1.82) is 0 Å². The van der Waals surface area contributed by atoms with Crippen molar-refractivity contribution in [3.63, 3.8) is 0 Å². The third-order valence-corrected chi connectivity index (χ3v) is 5.55. The molecule has 10 nitrogen and oxygen atoms in total. The van der Waals surface area contributed by atoms with Crippen LogP contribution in [0.2, 0.25) is 0 Å². The second-order valence-corrected chi connectivity index (χ2v) is 7.49. The Kier molecular flexibility index (Phi) is 3.81. The summed E-state index contributed by atoms with van der Waals surface area (Å²) in [6.07, 6.45) is 1.50. The summed E-state index contributed by atoms with van der Waals surface area (Å²) in [7, 11) is 0. The maximum Gasteiger partial charge on any atom is 0.276 e. The van der Waals surface area contributed by atoms with Gasteiger partial charge in [0.05, 0.1) is 12.2 Å². The van der Waals surface area contributed by atoms with Gasteiger partial charge in [-0.1, -0.05) is 5.21 Å². The van der Waals surface area contributed by atoms with Gasteiger partial charge < -0.3 is 4.90 Å². The van der Waals surface area contributed by atoms with E-state index in [1.807, 2.05) is 0 Å². The second-order valence-electron chi connectivity index (χ2n) is 7.49. The van der Waals surface area contributed by atoms with Crippen LogP contribution >= 0.6 is 0 Å². The summed E-state index contributed by atoms with van der Waals surface area (Å²) in [6, 6.07) is 3.27. The van der Waals surface area contributed by atoms with Crippen molar-refractivity contribution in [2.75, 3.05) is 26.2 Å². The van der Waals surface area contributed by atoms with Crippen LogP contribution in [0.5, 0.6) is 0 Å². The van der Waals surface area contributed by atoms with E-state index < -0.39 is 5.92 Å². The first-order valence-corrected chi connectivity index (χ1v) is 9.24. The van der Waals surface area contributed by atoms with Gasteiger partial charge in [-0.25, -0.2) is 13.3 Å². The van der Waals surface area contributed by atoms with E-state index in [2.05, 4.69) is 20.4 Å². The van der Waals surface area contributed by atoms with E-state index in [0.717, 1.165) is 0 Å². The highest BCUT2D eigenvalue weighted by Crippen LogP contribution is 2.31. The third-order valence-electron chi connectivity index (χ3n) is 5.55. The first-order chi connectivity index (χ1) is 13.8. The van der Waals surface area contributed by atoms with Crippen molar-refractivity contribution in [3.05, 3.63) is 40.1 Å². The highest BCUT2D eigenvalue weighted by Gasteiger charge is 2.45. The number of alkyl halides is 2. The van der Waals surface area contributed by atoms with Crippen molar-refractivity contribution in [1.82, 2.24) is 39.4 Å². The number of amides is 1. The Balaban J connectivity index is 1.33. The number of nitrogens with zero attached hydrogens (tertiary/aromatic N) is 7. The van der Waals surface area contributed by atoms with E-state index in [0.29, 0.717) is 30.8 Å². The lowest BCUT2D eigenvalue weighted by Gasteiger charge is -2.43. The zero-order chi connectivity index (χ0) is 20.3. The van der Waals surface area contributed by atoms with Gasteiger partial charge in [0.25, 0.3) is 23.3 Å². The molecular formula is C17H18F2N8O2. The average molecular weight is 404 g/mol. The quantitative estimate of drug-likeness (QED) is 0.663. The van der Waals surface area contributed by atoms with Crippen LogP contribution in [0, 0.1) is 6.92 Å². The maximum absolute atomic E-state index is 13.4. The molecule has 0 atom stereocenters. The van der Waals surface area contributed by atoms with Gasteiger partial charge >= 0.3 is 0 Å². The lowest BCUT2D eigenvalue weighted by molar-refractivity contribution is -0.00885. The number of carbonyl (C=O) groups excluding carboxylic acids is 1. The molecule has 2 aliphatic heterocycles. The number of hydrogen-bond donors (Lipinski definition) is 1. The predicted octanol–water partition coefficient (Wildman–Crippen LogP) is 0.0771. The van der Waals surface area contributed by atoms with Gasteiger partial charge in [-0.15, -0.1) is 10.2 Å². The SMILES string of the molecule is Cc1c(C(=O)N2CC(N3CCC(F)(F)C3)C2)nnn1-c1nn2cccc2c(=O)[nH]1. The Morgan fingerprint density at radius 3 is 2.86 bits per heavy atom. The Labute approximate surface area is 162 Å². The van der Waals surface area contributed by atoms with Crippen LogP contribution in [0.3, 0.4) is 0 Å². The molecule has 0 saturated carbocycles. The fourth-order valence-corrected chi connectivity index (χ4v) is 3.83. The average Bonchev–Trinajstić information content (AvgIpc) is 3.32. The van der Waals surface area contributed by atoms with Gasteiger partial charge in [0.1, 0.15) is 5.52 Å². The molecule has 3 aromatic rings. The molecule has 0 unspecified atom stereocenters. The van der Waals surface area contributed by atoms with Crippen molar-refractivity contribution >= 4 is 11.4 Å². The molecule has 1 amide bonds. The van der Waals surface area contributed by atoms with Crippen LogP contribution in [0.25, 0.3) is 11.5 Å².